The Kier molecular flexibility index (Phi) is 12.1. The Labute approximate surface area is 200 Å². The van der Waals surface area contributed by atoms with Gasteiger partial charge in [-0.3, -0.25) is 9.59 Å². The van der Waals surface area contributed by atoms with Crippen LogP contribution >= 0.6 is 67.8 Å². The minimum Gasteiger partial charge on any atom is -0.466 e. The molecule has 1 aromatic carbocycles. The van der Waals surface area contributed by atoms with E-state index >= 15 is 0 Å². The van der Waals surface area contributed by atoms with Crippen LogP contribution < -0.4 is 5.32 Å². The highest BCUT2D eigenvalue weighted by atomic mass is 127. The summed E-state index contributed by atoms with van der Waals surface area (Å²) in [5, 5.41) is 2.77. The fraction of sp³-hybridized carbons (Fsp3) is 0.500. The van der Waals surface area contributed by atoms with Crippen molar-refractivity contribution in [2.45, 2.75) is 46.0 Å². The van der Waals surface area contributed by atoms with Crippen molar-refractivity contribution in [1.29, 1.82) is 0 Å². The lowest BCUT2D eigenvalue weighted by Crippen LogP contribution is -2.15. The third-order valence-corrected chi connectivity index (χ3v) is 6.27. The normalized spacial score (nSPS) is 10.4. The fourth-order valence-corrected chi connectivity index (χ4v) is 6.34. The van der Waals surface area contributed by atoms with E-state index in [-0.39, 0.29) is 11.9 Å². The quantitative estimate of drug-likeness (QED) is 0.207. The Morgan fingerprint density at radius 2 is 1.67 bits per heavy atom. The van der Waals surface area contributed by atoms with E-state index in [1.165, 1.54) is 6.92 Å². The van der Waals surface area contributed by atoms with E-state index in [9.17, 15) is 14.4 Å². The second kappa shape index (κ2) is 13.1. The van der Waals surface area contributed by atoms with E-state index in [0.29, 0.717) is 34.5 Å². The molecule has 0 aromatic heterocycles. The summed E-state index contributed by atoms with van der Waals surface area (Å²) in [4.78, 5) is 35.1. The second-order valence-corrected chi connectivity index (χ2v) is 9.09. The van der Waals surface area contributed by atoms with Crippen molar-refractivity contribution in [2.75, 3.05) is 18.5 Å². The second-order valence-electron chi connectivity index (χ2n) is 5.69. The van der Waals surface area contributed by atoms with Crippen LogP contribution in [0, 0.1) is 10.7 Å². The summed E-state index contributed by atoms with van der Waals surface area (Å²) in [7, 11) is 0. The summed E-state index contributed by atoms with van der Waals surface area (Å²) in [6, 6.07) is 1.85. The maximum atomic E-state index is 12.5. The summed E-state index contributed by atoms with van der Waals surface area (Å²) in [5.74, 6) is -0.741. The Hall–Kier alpha value is -0.180. The molecule has 1 rings (SSSR count). The van der Waals surface area contributed by atoms with Crippen LogP contribution in [0.1, 0.15) is 56.3 Å². The molecule has 6 nitrogen and oxygen atoms in total. The number of carbonyl (C=O) groups excluding carboxylic acids is 3. The SMILES string of the molecule is CCOC(=O)CCCCCCOC(=O)c1c(I)cc(I)c(NC(C)=O)c1I. The Bertz CT molecular complexity index is 694. The highest BCUT2D eigenvalue weighted by molar-refractivity contribution is 14.1. The summed E-state index contributed by atoms with van der Waals surface area (Å²) in [5.41, 5.74) is 1.11. The number of amides is 1. The number of hydrogen-bond acceptors (Lipinski definition) is 5. The molecule has 0 radical (unpaired) electrons. The number of carbonyl (C=O) groups is 3. The monoisotopic (exact) mass is 713 g/mol. The molecule has 0 heterocycles. The van der Waals surface area contributed by atoms with Crippen LogP contribution in [-0.2, 0) is 19.1 Å². The fourth-order valence-electron chi connectivity index (χ4n) is 2.26. The van der Waals surface area contributed by atoms with E-state index in [4.69, 9.17) is 9.47 Å². The smallest absolute Gasteiger partial charge is 0.340 e. The van der Waals surface area contributed by atoms with Gasteiger partial charge in [0.25, 0.3) is 0 Å². The van der Waals surface area contributed by atoms with Crippen molar-refractivity contribution in [2.24, 2.45) is 0 Å². The maximum absolute atomic E-state index is 12.5. The molecule has 27 heavy (non-hydrogen) atoms. The van der Waals surface area contributed by atoms with E-state index in [2.05, 4.69) is 73.1 Å². The van der Waals surface area contributed by atoms with E-state index < -0.39 is 5.97 Å². The van der Waals surface area contributed by atoms with Crippen LogP contribution in [0.5, 0.6) is 0 Å². The average Bonchev–Trinajstić information content (AvgIpc) is 2.57. The van der Waals surface area contributed by atoms with Gasteiger partial charge in [-0.15, -0.1) is 0 Å². The zero-order valence-corrected chi connectivity index (χ0v) is 21.7. The number of anilines is 1. The van der Waals surface area contributed by atoms with Crippen LogP contribution in [0.2, 0.25) is 0 Å². The van der Waals surface area contributed by atoms with E-state index in [0.717, 1.165) is 32.8 Å². The molecule has 1 amide bonds. The van der Waals surface area contributed by atoms with Crippen LogP contribution in [0.4, 0.5) is 5.69 Å². The predicted octanol–water partition coefficient (Wildman–Crippen LogP) is 5.13. The number of ether oxygens (including phenoxy) is 2. The first-order valence-electron chi connectivity index (χ1n) is 8.55. The average molecular weight is 713 g/mol. The standard InChI is InChI=1S/C18H22I3NO5/c1-3-26-14(24)8-6-4-5-7-9-27-18(25)15-12(19)10-13(20)17(16(15)21)22-11(2)23/h10H,3-9H2,1-2H3,(H,22,23). The summed E-state index contributed by atoms with van der Waals surface area (Å²) >= 11 is 6.30. The number of unbranched alkanes of at least 4 members (excludes halogenated alkanes) is 3. The minimum atomic E-state index is -0.390. The molecule has 0 aliphatic carbocycles. The zero-order valence-electron chi connectivity index (χ0n) is 15.2. The van der Waals surface area contributed by atoms with Gasteiger partial charge in [0.15, 0.2) is 0 Å². The van der Waals surface area contributed by atoms with Gasteiger partial charge in [0, 0.05) is 20.5 Å². The lowest BCUT2D eigenvalue weighted by atomic mass is 10.1. The molecule has 9 heteroatoms. The van der Waals surface area contributed by atoms with Crippen LogP contribution in [-0.4, -0.2) is 31.1 Å². The topological polar surface area (TPSA) is 81.7 Å². The molecule has 150 valence electrons. The van der Waals surface area contributed by atoms with Crippen molar-refractivity contribution in [3.63, 3.8) is 0 Å². The van der Waals surface area contributed by atoms with Gasteiger partial charge in [0.05, 0.1) is 28.0 Å². The molecular formula is C18H22I3NO5. The molecule has 0 aliphatic heterocycles. The van der Waals surface area contributed by atoms with Gasteiger partial charge in [-0.25, -0.2) is 4.79 Å². The number of benzene rings is 1. The van der Waals surface area contributed by atoms with Gasteiger partial charge in [-0.2, -0.15) is 0 Å². The molecule has 1 aromatic rings. The van der Waals surface area contributed by atoms with E-state index in [1.807, 2.05) is 6.07 Å². The molecular weight excluding hydrogens is 691 g/mol. The first-order chi connectivity index (χ1) is 12.8. The van der Waals surface area contributed by atoms with Gasteiger partial charge < -0.3 is 14.8 Å². The van der Waals surface area contributed by atoms with Crippen LogP contribution in [0.25, 0.3) is 0 Å². The van der Waals surface area contributed by atoms with E-state index in [1.54, 1.807) is 6.92 Å². The Morgan fingerprint density at radius 3 is 2.30 bits per heavy atom. The summed E-state index contributed by atoms with van der Waals surface area (Å²) in [6.07, 6.45) is 3.72. The van der Waals surface area contributed by atoms with Gasteiger partial charge in [-0.05, 0) is 93.6 Å². The third kappa shape index (κ3) is 8.79. The number of rotatable bonds is 10. The molecule has 0 unspecified atom stereocenters. The molecule has 0 saturated carbocycles. The summed E-state index contributed by atoms with van der Waals surface area (Å²) < 4.78 is 12.6. The van der Waals surface area contributed by atoms with Crippen LogP contribution in [0.15, 0.2) is 6.07 Å². The maximum Gasteiger partial charge on any atom is 0.340 e. The zero-order chi connectivity index (χ0) is 20.4. The Balaban J connectivity index is 2.51. The number of nitrogens with one attached hydrogen (secondary N) is 1. The largest absolute Gasteiger partial charge is 0.466 e. The predicted molar refractivity (Wildman–Crippen MR) is 129 cm³/mol. The first-order valence-corrected chi connectivity index (χ1v) is 11.8. The van der Waals surface area contributed by atoms with Gasteiger partial charge in [0.1, 0.15) is 0 Å². The first kappa shape index (κ1) is 24.9. The number of hydrogen-bond donors (Lipinski definition) is 1. The van der Waals surface area contributed by atoms with Crippen molar-refractivity contribution in [3.05, 3.63) is 22.3 Å². The highest BCUT2D eigenvalue weighted by Gasteiger charge is 2.21. The van der Waals surface area contributed by atoms with Gasteiger partial charge >= 0.3 is 11.9 Å². The third-order valence-electron chi connectivity index (χ3n) is 3.49. The molecule has 0 bridgehead atoms. The van der Waals surface area contributed by atoms with Crippen molar-refractivity contribution in [1.82, 2.24) is 0 Å². The molecule has 0 spiro atoms. The van der Waals surface area contributed by atoms with Crippen molar-refractivity contribution < 1.29 is 23.9 Å². The molecule has 0 atom stereocenters. The molecule has 0 aliphatic rings. The van der Waals surface area contributed by atoms with Crippen molar-refractivity contribution >= 4 is 91.3 Å². The lowest BCUT2D eigenvalue weighted by Gasteiger charge is -2.14. The lowest BCUT2D eigenvalue weighted by molar-refractivity contribution is -0.143. The van der Waals surface area contributed by atoms with Crippen LogP contribution in [0.3, 0.4) is 0 Å². The molecule has 1 N–H and O–H groups in total. The molecule has 0 saturated heterocycles. The number of halogens is 3. The van der Waals surface area contributed by atoms with Crippen molar-refractivity contribution in [3.8, 4) is 0 Å². The highest BCUT2D eigenvalue weighted by Crippen LogP contribution is 2.32. The number of esters is 2. The Morgan fingerprint density at radius 1 is 1.00 bits per heavy atom. The van der Waals surface area contributed by atoms with Gasteiger partial charge in [-0.1, -0.05) is 12.8 Å². The molecule has 0 fully saturated rings. The summed E-state index contributed by atoms with van der Waals surface area (Å²) in [6.45, 7) is 3.96. The van der Waals surface area contributed by atoms with Gasteiger partial charge in [0.2, 0.25) is 5.91 Å². The minimum absolute atomic E-state index is 0.165.